The second kappa shape index (κ2) is 6.74. The van der Waals surface area contributed by atoms with Gasteiger partial charge in [0.2, 0.25) is 0 Å². The number of aromatic nitrogens is 2. The highest BCUT2D eigenvalue weighted by Crippen LogP contribution is 2.23. The van der Waals surface area contributed by atoms with E-state index < -0.39 is 0 Å². The van der Waals surface area contributed by atoms with Gasteiger partial charge in [0.05, 0.1) is 5.69 Å². The summed E-state index contributed by atoms with van der Waals surface area (Å²) >= 11 is 7.54. The van der Waals surface area contributed by atoms with E-state index in [9.17, 15) is 0 Å². The summed E-state index contributed by atoms with van der Waals surface area (Å²) in [6.45, 7) is 0. The summed E-state index contributed by atoms with van der Waals surface area (Å²) in [6, 6.07) is 21.9. The number of benzene rings is 2. The monoisotopic (exact) mass is 312 g/mol. The largest absolute Gasteiger partial charge is 0.149 e. The van der Waals surface area contributed by atoms with Crippen molar-refractivity contribution < 1.29 is 0 Å². The van der Waals surface area contributed by atoms with Crippen LogP contribution in [0.4, 0.5) is 0 Å². The van der Waals surface area contributed by atoms with Gasteiger partial charge in [-0.3, -0.25) is 0 Å². The van der Waals surface area contributed by atoms with Gasteiger partial charge >= 0.3 is 0 Å². The molecule has 1 aromatic heterocycles. The molecule has 0 N–H and O–H groups in total. The van der Waals surface area contributed by atoms with Crippen LogP contribution in [-0.2, 0) is 5.75 Å². The molecule has 0 amide bonds. The van der Waals surface area contributed by atoms with Crippen LogP contribution in [0.3, 0.4) is 0 Å². The highest BCUT2D eigenvalue weighted by Gasteiger charge is 2.02. The van der Waals surface area contributed by atoms with Gasteiger partial charge in [-0.05, 0) is 29.8 Å². The molecule has 0 unspecified atom stereocenters. The molecular formula is C17H13ClN2S. The van der Waals surface area contributed by atoms with E-state index in [0.29, 0.717) is 0 Å². The molecule has 2 aromatic carbocycles. The predicted octanol–water partition coefficient (Wildman–Crippen LogP) is 5.09. The van der Waals surface area contributed by atoms with Gasteiger partial charge < -0.3 is 0 Å². The third kappa shape index (κ3) is 3.84. The Labute approximate surface area is 133 Å². The lowest BCUT2D eigenvalue weighted by Gasteiger charge is -2.03. The van der Waals surface area contributed by atoms with Crippen molar-refractivity contribution in [1.82, 2.24) is 10.2 Å². The molecule has 3 rings (SSSR count). The van der Waals surface area contributed by atoms with Crippen LogP contribution in [0.15, 0.2) is 71.8 Å². The zero-order valence-electron chi connectivity index (χ0n) is 11.2. The Morgan fingerprint density at radius 2 is 1.57 bits per heavy atom. The number of nitrogens with zero attached hydrogens (tertiary/aromatic N) is 2. The van der Waals surface area contributed by atoms with Gasteiger partial charge in [-0.1, -0.05) is 65.8 Å². The van der Waals surface area contributed by atoms with E-state index in [1.54, 1.807) is 11.8 Å². The number of halogens is 1. The van der Waals surface area contributed by atoms with Gasteiger partial charge in [0.15, 0.2) is 0 Å². The molecule has 4 heteroatoms. The quantitative estimate of drug-likeness (QED) is 0.628. The number of hydrogen-bond donors (Lipinski definition) is 0. The zero-order chi connectivity index (χ0) is 14.5. The lowest BCUT2D eigenvalue weighted by Crippen LogP contribution is -1.89. The summed E-state index contributed by atoms with van der Waals surface area (Å²) in [4.78, 5) is 0. The summed E-state index contributed by atoms with van der Waals surface area (Å²) in [5, 5.41) is 10.2. The number of hydrogen-bond acceptors (Lipinski definition) is 3. The Morgan fingerprint density at radius 1 is 0.810 bits per heavy atom. The van der Waals surface area contributed by atoms with Gasteiger partial charge in [-0.25, -0.2) is 0 Å². The molecule has 0 aliphatic carbocycles. The van der Waals surface area contributed by atoms with Crippen LogP contribution < -0.4 is 0 Å². The van der Waals surface area contributed by atoms with Crippen molar-refractivity contribution in [3.63, 3.8) is 0 Å². The fraction of sp³-hybridized carbons (Fsp3) is 0.0588. The SMILES string of the molecule is Clc1ccc(CSc2ccc(-c3ccccc3)nn2)cc1. The topological polar surface area (TPSA) is 25.8 Å². The minimum absolute atomic E-state index is 0.760. The first kappa shape index (κ1) is 14.1. The van der Waals surface area contributed by atoms with Crippen molar-refractivity contribution in [3.05, 3.63) is 77.3 Å². The standard InChI is InChI=1S/C17H13ClN2S/c18-15-8-6-13(7-9-15)12-21-17-11-10-16(19-20-17)14-4-2-1-3-5-14/h1-11H,12H2. The first-order valence-corrected chi connectivity index (χ1v) is 7.94. The van der Waals surface area contributed by atoms with Crippen LogP contribution in [0.25, 0.3) is 11.3 Å². The van der Waals surface area contributed by atoms with E-state index in [0.717, 1.165) is 27.1 Å². The summed E-state index contributed by atoms with van der Waals surface area (Å²) in [5.41, 5.74) is 3.20. The molecule has 0 radical (unpaired) electrons. The van der Waals surface area contributed by atoms with Gasteiger partial charge in [-0.15, -0.1) is 10.2 Å². The van der Waals surface area contributed by atoms with E-state index in [1.807, 2.05) is 66.7 Å². The molecule has 0 atom stereocenters. The Bertz CT molecular complexity index is 697. The fourth-order valence-corrected chi connectivity index (χ4v) is 2.79. The van der Waals surface area contributed by atoms with Crippen LogP contribution >= 0.6 is 23.4 Å². The molecule has 0 aliphatic rings. The van der Waals surface area contributed by atoms with Crippen LogP contribution in [0.1, 0.15) is 5.56 Å². The van der Waals surface area contributed by atoms with Crippen molar-refractivity contribution in [2.75, 3.05) is 0 Å². The summed E-state index contributed by atoms with van der Waals surface area (Å²) in [6.07, 6.45) is 0. The van der Waals surface area contributed by atoms with E-state index in [4.69, 9.17) is 11.6 Å². The van der Waals surface area contributed by atoms with Crippen LogP contribution in [0, 0.1) is 0 Å². The molecule has 3 aromatic rings. The Morgan fingerprint density at radius 3 is 2.24 bits per heavy atom. The van der Waals surface area contributed by atoms with Gasteiger partial charge in [0, 0.05) is 16.3 Å². The fourth-order valence-electron chi connectivity index (χ4n) is 1.90. The van der Waals surface area contributed by atoms with Gasteiger partial charge in [0.25, 0.3) is 0 Å². The van der Waals surface area contributed by atoms with Crippen molar-refractivity contribution in [2.45, 2.75) is 10.8 Å². The summed E-state index contributed by atoms with van der Waals surface area (Å²) < 4.78 is 0. The molecule has 0 saturated carbocycles. The maximum Gasteiger partial charge on any atom is 0.119 e. The molecule has 0 fully saturated rings. The molecule has 1 heterocycles. The van der Waals surface area contributed by atoms with E-state index in [1.165, 1.54) is 5.56 Å². The highest BCUT2D eigenvalue weighted by molar-refractivity contribution is 7.98. The van der Waals surface area contributed by atoms with Crippen molar-refractivity contribution in [1.29, 1.82) is 0 Å². The van der Waals surface area contributed by atoms with E-state index >= 15 is 0 Å². The molecule has 2 nitrogen and oxygen atoms in total. The first-order chi connectivity index (χ1) is 10.3. The van der Waals surface area contributed by atoms with Crippen LogP contribution in [-0.4, -0.2) is 10.2 Å². The minimum atomic E-state index is 0.760. The minimum Gasteiger partial charge on any atom is -0.149 e. The molecule has 0 aliphatic heterocycles. The normalized spacial score (nSPS) is 10.5. The molecule has 0 spiro atoms. The highest BCUT2D eigenvalue weighted by atomic mass is 35.5. The Hall–Kier alpha value is -1.84. The van der Waals surface area contributed by atoms with Gasteiger partial charge in [-0.2, -0.15) is 0 Å². The summed E-state index contributed by atoms with van der Waals surface area (Å²) in [7, 11) is 0. The molecule has 21 heavy (non-hydrogen) atoms. The average Bonchev–Trinajstić information content (AvgIpc) is 2.56. The number of rotatable bonds is 4. The first-order valence-electron chi connectivity index (χ1n) is 6.58. The smallest absolute Gasteiger partial charge is 0.119 e. The second-order valence-electron chi connectivity index (χ2n) is 4.54. The van der Waals surface area contributed by atoms with Crippen LogP contribution in [0.5, 0.6) is 0 Å². The lowest BCUT2D eigenvalue weighted by atomic mass is 10.1. The second-order valence-corrected chi connectivity index (χ2v) is 5.97. The molecular weight excluding hydrogens is 300 g/mol. The van der Waals surface area contributed by atoms with E-state index in [-0.39, 0.29) is 0 Å². The molecule has 0 bridgehead atoms. The van der Waals surface area contributed by atoms with Crippen molar-refractivity contribution in [2.24, 2.45) is 0 Å². The van der Waals surface area contributed by atoms with Gasteiger partial charge in [0.1, 0.15) is 5.03 Å². The maximum atomic E-state index is 5.88. The summed E-state index contributed by atoms with van der Waals surface area (Å²) in [5.74, 6) is 0.858. The van der Waals surface area contributed by atoms with E-state index in [2.05, 4.69) is 10.2 Å². The van der Waals surface area contributed by atoms with Crippen molar-refractivity contribution >= 4 is 23.4 Å². The maximum absolute atomic E-state index is 5.88. The zero-order valence-corrected chi connectivity index (χ0v) is 12.8. The Kier molecular flexibility index (Phi) is 4.53. The number of thioether (sulfide) groups is 1. The third-order valence-corrected chi connectivity index (χ3v) is 4.25. The molecule has 104 valence electrons. The Balaban J connectivity index is 1.66. The van der Waals surface area contributed by atoms with Crippen LogP contribution in [0.2, 0.25) is 5.02 Å². The average molecular weight is 313 g/mol. The van der Waals surface area contributed by atoms with Crippen molar-refractivity contribution in [3.8, 4) is 11.3 Å². The lowest BCUT2D eigenvalue weighted by molar-refractivity contribution is 0.935. The predicted molar refractivity (Wildman–Crippen MR) is 88.5 cm³/mol. The molecule has 0 saturated heterocycles. The third-order valence-electron chi connectivity index (χ3n) is 3.01.